The molecule has 1 fully saturated rings. The zero-order chi connectivity index (χ0) is 13.4. The molecule has 1 aliphatic carbocycles. The topological polar surface area (TPSA) is 0 Å². The van der Waals surface area contributed by atoms with Crippen molar-refractivity contribution < 1.29 is 0 Å². The van der Waals surface area contributed by atoms with E-state index in [0.717, 1.165) is 11.2 Å². The average molecular weight is 335 g/mol. The molecule has 18 heavy (non-hydrogen) atoms. The van der Waals surface area contributed by atoms with Crippen LogP contribution in [0.4, 0.5) is 0 Å². The number of hydrogen-bond donors (Lipinski definition) is 0. The smallest absolute Gasteiger partial charge is 0.00882 e. The number of unbranched alkanes of at least 4 members (excludes halogenated alkanes) is 1. The van der Waals surface area contributed by atoms with Gasteiger partial charge in [0.05, 0.1) is 0 Å². The van der Waals surface area contributed by atoms with E-state index in [1.807, 2.05) is 0 Å². The van der Waals surface area contributed by atoms with Gasteiger partial charge in [0.2, 0.25) is 0 Å². The fourth-order valence-corrected chi connectivity index (χ4v) is 4.90. The lowest BCUT2D eigenvalue weighted by atomic mass is 9.69. The summed E-state index contributed by atoms with van der Waals surface area (Å²) >= 11 is 5.93. The molecule has 0 spiro atoms. The normalized spacial score (nSPS) is 28.8. The molecule has 0 aromatic heterocycles. The maximum atomic E-state index is 3.80. The Kier molecular flexibility index (Phi) is 8.34. The van der Waals surface area contributed by atoms with Crippen molar-refractivity contribution in [1.29, 1.82) is 0 Å². The molecule has 0 aliphatic heterocycles. The van der Waals surface area contributed by atoms with E-state index < -0.39 is 0 Å². The Morgan fingerprint density at radius 1 is 1.28 bits per heavy atom. The summed E-state index contributed by atoms with van der Waals surface area (Å²) in [5.41, 5.74) is 0.630. The van der Waals surface area contributed by atoms with Crippen LogP contribution in [0.15, 0.2) is 0 Å². The van der Waals surface area contributed by atoms with E-state index in [0.29, 0.717) is 5.41 Å². The molecule has 1 rings (SSSR count). The summed E-state index contributed by atoms with van der Waals surface area (Å²) in [6, 6.07) is 0. The van der Waals surface area contributed by atoms with Gasteiger partial charge < -0.3 is 0 Å². The van der Waals surface area contributed by atoms with Crippen molar-refractivity contribution in [2.24, 2.45) is 11.3 Å². The monoisotopic (exact) mass is 334 g/mol. The highest BCUT2D eigenvalue weighted by Gasteiger charge is 2.33. The fourth-order valence-electron chi connectivity index (χ4n) is 3.03. The lowest BCUT2D eigenvalue weighted by Crippen LogP contribution is -2.30. The highest BCUT2D eigenvalue weighted by atomic mass is 79.9. The summed E-state index contributed by atoms with van der Waals surface area (Å²) in [5, 5.41) is 2.01. The van der Waals surface area contributed by atoms with Gasteiger partial charge in [0, 0.05) is 5.33 Å². The SMILES string of the molecule is CCCCC1CCC(CBr)(CCSC(C)C)CC1. The zero-order valence-corrected chi connectivity index (χ0v) is 14.9. The molecule has 0 radical (unpaired) electrons. The first-order valence-electron chi connectivity index (χ1n) is 7.79. The van der Waals surface area contributed by atoms with Gasteiger partial charge in [-0.2, -0.15) is 11.8 Å². The summed E-state index contributed by atoms with van der Waals surface area (Å²) in [4.78, 5) is 0. The second-order valence-corrected chi connectivity index (χ2v) is 8.63. The Morgan fingerprint density at radius 3 is 2.44 bits per heavy atom. The van der Waals surface area contributed by atoms with Crippen molar-refractivity contribution in [3.05, 3.63) is 0 Å². The minimum atomic E-state index is 0.630. The summed E-state index contributed by atoms with van der Waals surface area (Å²) < 4.78 is 0. The second-order valence-electron chi connectivity index (χ2n) is 6.39. The Balaban J connectivity index is 2.30. The van der Waals surface area contributed by atoms with E-state index in [1.54, 1.807) is 0 Å². The maximum absolute atomic E-state index is 3.80. The molecule has 0 aromatic rings. The van der Waals surface area contributed by atoms with Crippen LogP contribution in [0.25, 0.3) is 0 Å². The Morgan fingerprint density at radius 2 is 1.94 bits per heavy atom. The van der Waals surface area contributed by atoms with Gasteiger partial charge in [-0.05, 0) is 54.4 Å². The quantitative estimate of drug-likeness (QED) is 0.470. The largest absolute Gasteiger partial charge is 0.159 e. The van der Waals surface area contributed by atoms with Crippen LogP contribution >= 0.6 is 27.7 Å². The van der Waals surface area contributed by atoms with Gasteiger partial charge >= 0.3 is 0 Å². The number of thioether (sulfide) groups is 1. The van der Waals surface area contributed by atoms with Gasteiger partial charge in [0.25, 0.3) is 0 Å². The number of rotatable bonds is 8. The van der Waals surface area contributed by atoms with Gasteiger partial charge in [-0.1, -0.05) is 56.0 Å². The van der Waals surface area contributed by atoms with Crippen molar-refractivity contribution in [2.75, 3.05) is 11.1 Å². The van der Waals surface area contributed by atoms with Crippen molar-refractivity contribution >= 4 is 27.7 Å². The third kappa shape index (κ3) is 5.86. The summed E-state index contributed by atoms with van der Waals surface area (Å²) in [6.07, 6.45) is 11.6. The van der Waals surface area contributed by atoms with E-state index in [2.05, 4.69) is 48.5 Å². The highest BCUT2D eigenvalue weighted by Crippen LogP contribution is 2.44. The van der Waals surface area contributed by atoms with Crippen molar-refractivity contribution in [1.82, 2.24) is 0 Å². The molecule has 0 bridgehead atoms. The predicted octanol–water partition coefficient (Wildman–Crippen LogP) is 6.28. The molecule has 1 saturated carbocycles. The molecule has 0 atom stereocenters. The Hall–Kier alpha value is 0.830. The van der Waals surface area contributed by atoms with Gasteiger partial charge in [-0.3, -0.25) is 0 Å². The van der Waals surface area contributed by atoms with E-state index in [-0.39, 0.29) is 0 Å². The maximum Gasteiger partial charge on any atom is 0.00882 e. The summed E-state index contributed by atoms with van der Waals surface area (Å²) in [7, 11) is 0. The van der Waals surface area contributed by atoms with Crippen LogP contribution in [-0.2, 0) is 0 Å². The van der Waals surface area contributed by atoms with Crippen molar-refractivity contribution in [3.63, 3.8) is 0 Å². The molecule has 0 aromatic carbocycles. The van der Waals surface area contributed by atoms with E-state index >= 15 is 0 Å². The van der Waals surface area contributed by atoms with Crippen LogP contribution in [0.5, 0.6) is 0 Å². The van der Waals surface area contributed by atoms with Crippen LogP contribution in [0.1, 0.15) is 72.1 Å². The van der Waals surface area contributed by atoms with E-state index in [4.69, 9.17) is 0 Å². The lowest BCUT2D eigenvalue weighted by molar-refractivity contribution is 0.165. The molecule has 0 saturated heterocycles. The fraction of sp³-hybridized carbons (Fsp3) is 1.00. The first kappa shape index (κ1) is 16.9. The van der Waals surface area contributed by atoms with Crippen LogP contribution < -0.4 is 0 Å². The Bertz CT molecular complexity index is 207. The molecule has 0 N–H and O–H groups in total. The first-order valence-corrected chi connectivity index (χ1v) is 9.96. The van der Waals surface area contributed by atoms with Crippen molar-refractivity contribution in [2.45, 2.75) is 77.4 Å². The average Bonchev–Trinajstić information content (AvgIpc) is 2.37. The third-order valence-corrected chi connectivity index (χ3v) is 6.79. The molecule has 0 amide bonds. The van der Waals surface area contributed by atoms with Crippen LogP contribution in [-0.4, -0.2) is 16.3 Å². The van der Waals surface area contributed by atoms with Gasteiger partial charge in [-0.15, -0.1) is 0 Å². The molecular formula is C16H31BrS. The molecule has 2 heteroatoms. The van der Waals surface area contributed by atoms with Gasteiger partial charge in [0.15, 0.2) is 0 Å². The lowest BCUT2D eigenvalue weighted by Gasteiger charge is -2.39. The summed E-state index contributed by atoms with van der Waals surface area (Å²) in [5.74, 6) is 2.39. The molecular weight excluding hydrogens is 304 g/mol. The molecule has 0 nitrogen and oxygen atoms in total. The minimum Gasteiger partial charge on any atom is -0.159 e. The number of alkyl halides is 1. The minimum absolute atomic E-state index is 0.630. The molecule has 108 valence electrons. The second kappa shape index (κ2) is 8.89. The zero-order valence-electron chi connectivity index (χ0n) is 12.5. The van der Waals surface area contributed by atoms with E-state index in [9.17, 15) is 0 Å². The number of hydrogen-bond acceptors (Lipinski definition) is 1. The van der Waals surface area contributed by atoms with Crippen LogP contribution in [0, 0.1) is 11.3 Å². The van der Waals surface area contributed by atoms with Gasteiger partial charge in [0.1, 0.15) is 0 Å². The molecule has 1 aliphatic rings. The van der Waals surface area contributed by atoms with Crippen LogP contribution in [0.2, 0.25) is 0 Å². The van der Waals surface area contributed by atoms with Crippen LogP contribution in [0.3, 0.4) is 0 Å². The van der Waals surface area contributed by atoms with E-state index in [1.165, 1.54) is 62.4 Å². The highest BCUT2D eigenvalue weighted by molar-refractivity contribution is 9.09. The molecule has 0 heterocycles. The summed E-state index contributed by atoms with van der Waals surface area (Å²) in [6.45, 7) is 6.94. The number of halogens is 1. The van der Waals surface area contributed by atoms with Gasteiger partial charge in [-0.25, -0.2) is 0 Å². The third-order valence-electron chi connectivity index (χ3n) is 4.50. The Labute approximate surface area is 127 Å². The standard InChI is InChI=1S/C16H31BrS/c1-4-5-6-15-7-9-16(13-17,10-8-15)11-12-18-14(2)3/h14-15H,4-13H2,1-3H3. The first-order chi connectivity index (χ1) is 8.62. The molecule has 0 unspecified atom stereocenters. The predicted molar refractivity (Wildman–Crippen MR) is 89.9 cm³/mol. The van der Waals surface area contributed by atoms with Crippen molar-refractivity contribution in [3.8, 4) is 0 Å².